The van der Waals surface area contributed by atoms with E-state index in [0.29, 0.717) is 5.69 Å². The Kier molecular flexibility index (Phi) is 5.15. The van der Waals surface area contributed by atoms with Gasteiger partial charge in [-0.15, -0.1) is 5.10 Å². The summed E-state index contributed by atoms with van der Waals surface area (Å²) in [6.45, 7) is 2.00. The summed E-state index contributed by atoms with van der Waals surface area (Å²) in [5.41, 5.74) is 2.56. The van der Waals surface area contributed by atoms with Gasteiger partial charge in [-0.2, -0.15) is 5.10 Å². The predicted molar refractivity (Wildman–Crippen MR) is 106 cm³/mol. The molecule has 2 aromatic heterocycles. The van der Waals surface area contributed by atoms with Gasteiger partial charge in [0, 0.05) is 18.1 Å². The zero-order chi connectivity index (χ0) is 20.2. The van der Waals surface area contributed by atoms with Gasteiger partial charge in [-0.1, -0.05) is 30.3 Å². The average Bonchev–Trinajstić information content (AvgIpc) is 3.43. The lowest BCUT2D eigenvalue weighted by Gasteiger charge is -2.15. The van der Waals surface area contributed by atoms with Crippen LogP contribution in [0.1, 0.15) is 35.4 Å². The zero-order valence-electron chi connectivity index (χ0n) is 15.7. The quantitative estimate of drug-likeness (QED) is 0.542. The van der Waals surface area contributed by atoms with Crippen LogP contribution >= 0.6 is 0 Å². The molecule has 1 N–H and O–H groups in total. The van der Waals surface area contributed by atoms with Crippen LogP contribution in [0.25, 0.3) is 5.69 Å². The third-order valence-electron chi connectivity index (χ3n) is 4.58. The first kappa shape index (κ1) is 18.5. The van der Waals surface area contributed by atoms with Crippen molar-refractivity contribution in [3.8, 4) is 5.69 Å². The maximum absolute atomic E-state index is 13.2. The highest BCUT2D eigenvalue weighted by molar-refractivity contribution is 6.02. The summed E-state index contributed by atoms with van der Waals surface area (Å²) in [5.74, 6) is -0.651. The number of carbonyl (C=O) groups is 1. The second kappa shape index (κ2) is 8.05. The van der Waals surface area contributed by atoms with E-state index in [4.69, 9.17) is 0 Å². The lowest BCUT2D eigenvalue weighted by Crippen LogP contribution is -2.13. The number of nitrogens with zero attached hydrogens (tertiary/aromatic N) is 5. The van der Waals surface area contributed by atoms with Crippen molar-refractivity contribution >= 4 is 11.6 Å². The minimum atomic E-state index is -0.358. The van der Waals surface area contributed by atoms with E-state index in [9.17, 15) is 9.18 Å². The van der Waals surface area contributed by atoms with Crippen molar-refractivity contribution in [2.24, 2.45) is 0 Å². The zero-order valence-corrected chi connectivity index (χ0v) is 15.7. The number of benzene rings is 2. The second-order valence-electron chi connectivity index (χ2n) is 6.51. The van der Waals surface area contributed by atoms with Gasteiger partial charge in [-0.25, -0.2) is 13.8 Å². The highest BCUT2D eigenvalue weighted by Gasteiger charge is 2.17. The summed E-state index contributed by atoms with van der Waals surface area (Å²) in [6.07, 6.45) is 5.84. The Hall–Kier alpha value is -3.81. The highest BCUT2D eigenvalue weighted by Crippen LogP contribution is 2.22. The van der Waals surface area contributed by atoms with E-state index >= 15 is 0 Å². The summed E-state index contributed by atoms with van der Waals surface area (Å²) in [6, 6.07) is 15.3. The molecule has 7 nitrogen and oxygen atoms in total. The van der Waals surface area contributed by atoms with Crippen molar-refractivity contribution in [1.82, 2.24) is 24.8 Å². The number of anilines is 1. The van der Waals surface area contributed by atoms with Crippen LogP contribution in [-0.2, 0) is 0 Å². The largest absolute Gasteiger partial charge is 0.320 e. The number of amides is 1. The number of aromatic nitrogens is 5. The van der Waals surface area contributed by atoms with E-state index < -0.39 is 0 Å². The van der Waals surface area contributed by atoms with Crippen LogP contribution in [0, 0.1) is 5.82 Å². The lowest BCUT2D eigenvalue weighted by molar-refractivity contribution is 0.102. The van der Waals surface area contributed by atoms with Gasteiger partial charge in [0.2, 0.25) is 0 Å². The molecule has 0 saturated carbocycles. The molecule has 4 rings (SSSR count). The third-order valence-corrected chi connectivity index (χ3v) is 4.58. The summed E-state index contributed by atoms with van der Waals surface area (Å²) in [4.78, 5) is 12.6. The molecule has 1 atom stereocenters. The molecule has 0 aliphatic carbocycles. The van der Waals surface area contributed by atoms with Crippen molar-refractivity contribution in [2.45, 2.75) is 19.4 Å². The second-order valence-corrected chi connectivity index (χ2v) is 6.51. The van der Waals surface area contributed by atoms with Gasteiger partial charge in [-0.3, -0.25) is 4.79 Å². The van der Waals surface area contributed by atoms with Gasteiger partial charge in [0.25, 0.3) is 5.91 Å². The molecule has 0 aliphatic heterocycles. The normalized spacial score (nSPS) is 11.9. The minimum Gasteiger partial charge on any atom is -0.320 e. The number of hydrogen-bond donors (Lipinski definition) is 1. The first-order valence-corrected chi connectivity index (χ1v) is 9.23. The molecule has 29 heavy (non-hydrogen) atoms. The van der Waals surface area contributed by atoms with Crippen molar-refractivity contribution in [1.29, 1.82) is 0 Å². The molecular formula is C21H19FN6O. The van der Waals surface area contributed by atoms with Crippen LogP contribution < -0.4 is 5.32 Å². The molecule has 0 spiro atoms. The monoisotopic (exact) mass is 390 g/mol. The number of halogens is 1. The molecule has 2 aromatic carbocycles. The number of nitrogens with one attached hydrogen (secondary N) is 1. The van der Waals surface area contributed by atoms with E-state index in [0.717, 1.165) is 17.7 Å². The fourth-order valence-corrected chi connectivity index (χ4v) is 3.14. The van der Waals surface area contributed by atoms with E-state index in [-0.39, 0.29) is 23.5 Å². The van der Waals surface area contributed by atoms with Crippen LogP contribution in [0.4, 0.5) is 10.1 Å². The van der Waals surface area contributed by atoms with Crippen LogP contribution in [-0.4, -0.2) is 30.7 Å². The summed E-state index contributed by atoms with van der Waals surface area (Å²) in [7, 11) is 0. The molecule has 146 valence electrons. The maximum atomic E-state index is 13.2. The van der Waals surface area contributed by atoms with E-state index in [1.54, 1.807) is 40.0 Å². The maximum Gasteiger partial charge on any atom is 0.277 e. The molecule has 0 saturated heterocycles. The molecule has 0 bridgehead atoms. The van der Waals surface area contributed by atoms with E-state index in [2.05, 4.69) is 20.7 Å². The van der Waals surface area contributed by atoms with Gasteiger partial charge >= 0.3 is 0 Å². The summed E-state index contributed by atoms with van der Waals surface area (Å²) < 4.78 is 16.5. The summed E-state index contributed by atoms with van der Waals surface area (Å²) in [5, 5.41) is 15.1. The Morgan fingerprint density at radius 2 is 2.00 bits per heavy atom. The molecule has 0 fully saturated rings. The fraction of sp³-hybridized carbons (Fsp3) is 0.143. The standard InChI is InChI=1S/C21H19FN6O/c1-2-20(15-7-9-16(22)10-8-15)28-14-19(25-26-28)21(29)24-17-5-3-6-18(13-17)27-12-4-11-23-27/h3-14,20H,2H2,1H3,(H,24,29). The summed E-state index contributed by atoms with van der Waals surface area (Å²) >= 11 is 0. The van der Waals surface area contributed by atoms with Gasteiger partial charge in [0.15, 0.2) is 5.69 Å². The average molecular weight is 390 g/mol. The SMILES string of the molecule is CCC(c1ccc(F)cc1)n1cc(C(=O)Nc2cccc(-n3cccn3)c2)nn1. The van der Waals surface area contributed by atoms with Gasteiger partial charge in [0.05, 0.1) is 17.9 Å². The Morgan fingerprint density at radius 1 is 1.17 bits per heavy atom. The Bertz CT molecular complexity index is 1100. The van der Waals surface area contributed by atoms with Crippen LogP contribution in [0.3, 0.4) is 0 Å². The minimum absolute atomic E-state index is 0.132. The molecule has 2 heterocycles. The topological polar surface area (TPSA) is 77.6 Å². The number of carbonyl (C=O) groups excluding carboxylic acids is 1. The molecular weight excluding hydrogens is 371 g/mol. The Morgan fingerprint density at radius 3 is 2.72 bits per heavy atom. The van der Waals surface area contributed by atoms with E-state index in [1.165, 1.54) is 12.1 Å². The van der Waals surface area contributed by atoms with Gasteiger partial charge in [0.1, 0.15) is 5.82 Å². The molecule has 0 aliphatic rings. The molecule has 1 amide bonds. The van der Waals surface area contributed by atoms with E-state index in [1.807, 2.05) is 37.4 Å². The van der Waals surface area contributed by atoms with Crippen LogP contribution in [0.15, 0.2) is 73.2 Å². The number of rotatable bonds is 6. The van der Waals surface area contributed by atoms with Gasteiger partial charge < -0.3 is 5.32 Å². The van der Waals surface area contributed by atoms with Crippen LogP contribution in [0.5, 0.6) is 0 Å². The molecule has 4 aromatic rings. The van der Waals surface area contributed by atoms with Crippen LogP contribution in [0.2, 0.25) is 0 Å². The first-order valence-electron chi connectivity index (χ1n) is 9.23. The van der Waals surface area contributed by atoms with Crippen molar-refractivity contribution in [3.05, 3.63) is 90.3 Å². The number of hydrogen-bond acceptors (Lipinski definition) is 4. The fourth-order valence-electron chi connectivity index (χ4n) is 3.14. The van der Waals surface area contributed by atoms with Crippen molar-refractivity contribution in [2.75, 3.05) is 5.32 Å². The lowest BCUT2D eigenvalue weighted by atomic mass is 10.0. The molecule has 8 heteroatoms. The predicted octanol–water partition coefficient (Wildman–Crippen LogP) is 3.85. The molecule has 1 unspecified atom stereocenters. The van der Waals surface area contributed by atoms with Crippen molar-refractivity contribution < 1.29 is 9.18 Å². The third kappa shape index (κ3) is 4.06. The first-order chi connectivity index (χ1) is 14.1. The Labute approximate surface area is 166 Å². The smallest absolute Gasteiger partial charge is 0.277 e. The van der Waals surface area contributed by atoms with Gasteiger partial charge in [-0.05, 0) is 48.4 Å². The molecule has 0 radical (unpaired) electrons. The highest BCUT2D eigenvalue weighted by atomic mass is 19.1. The van der Waals surface area contributed by atoms with Crippen molar-refractivity contribution in [3.63, 3.8) is 0 Å². The Balaban J connectivity index is 1.51.